The third-order valence-corrected chi connectivity index (χ3v) is 6.48. The van der Waals surface area contributed by atoms with E-state index in [2.05, 4.69) is 67.2 Å². The lowest BCUT2D eigenvalue weighted by molar-refractivity contribution is -0.660. The fourth-order valence-corrected chi connectivity index (χ4v) is 4.92. The van der Waals surface area contributed by atoms with Gasteiger partial charge in [0.15, 0.2) is 11.8 Å². The van der Waals surface area contributed by atoms with Gasteiger partial charge in [-0.15, -0.1) is 0 Å². The van der Waals surface area contributed by atoms with Crippen molar-refractivity contribution in [3.05, 3.63) is 65.4 Å². The summed E-state index contributed by atoms with van der Waals surface area (Å²) in [5, 5.41) is 12.0. The van der Waals surface area contributed by atoms with Gasteiger partial charge in [-0.2, -0.15) is 5.26 Å². The molecule has 0 atom stereocenters. The second-order valence-corrected chi connectivity index (χ2v) is 8.32. The maximum atomic E-state index is 9.85. The van der Waals surface area contributed by atoms with Crippen LogP contribution in [0.3, 0.4) is 0 Å². The molecule has 3 heteroatoms. The number of hydrogen-bond acceptors (Lipinski definition) is 2. The summed E-state index contributed by atoms with van der Waals surface area (Å²) in [4.78, 5) is 0. The highest BCUT2D eigenvalue weighted by atomic mass is 16.3. The van der Waals surface area contributed by atoms with Gasteiger partial charge in [0.1, 0.15) is 18.7 Å². The number of nitriles is 1. The minimum absolute atomic E-state index is 0.557. The van der Waals surface area contributed by atoms with Crippen molar-refractivity contribution in [1.29, 1.82) is 5.26 Å². The molecule has 2 heterocycles. The molecule has 0 radical (unpaired) electrons. The van der Waals surface area contributed by atoms with Crippen molar-refractivity contribution < 1.29 is 8.98 Å². The first-order chi connectivity index (χ1) is 14.2. The predicted molar refractivity (Wildman–Crippen MR) is 116 cm³/mol. The Bertz CT molecular complexity index is 1270. The van der Waals surface area contributed by atoms with E-state index >= 15 is 0 Å². The minimum Gasteiger partial charge on any atom is -0.454 e. The van der Waals surface area contributed by atoms with Crippen LogP contribution in [-0.2, 0) is 7.05 Å². The molecule has 2 aromatic heterocycles. The van der Waals surface area contributed by atoms with Crippen LogP contribution in [0.1, 0.15) is 54.7 Å². The maximum absolute atomic E-state index is 9.85. The van der Waals surface area contributed by atoms with E-state index in [-0.39, 0.29) is 0 Å². The maximum Gasteiger partial charge on any atom is 0.216 e. The second-order valence-electron chi connectivity index (χ2n) is 8.32. The molecule has 0 unspecified atom stereocenters. The second kappa shape index (κ2) is 7.04. The van der Waals surface area contributed by atoms with Crippen LogP contribution >= 0.6 is 0 Å². The molecule has 4 aromatic rings. The van der Waals surface area contributed by atoms with E-state index in [9.17, 15) is 5.26 Å². The first-order valence-corrected chi connectivity index (χ1v) is 10.5. The predicted octanol–water partition coefficient (Wildman–Crippen LogP) is 6.31. The molecule has 0 aliphatic heterocycles. The normalized spacial score (nSPS) is 15.1. The zero-order valence-electron chi connectivity index (χ0n) is 17.0. The number of nitrogens with zero attached hydrogens (tertiary/aromatic N) is 2. The molecule has 0 saturated heterocycles. The standard InChI is InChI=1S/C26H25N2O/c1-17-11-12-21-22-15-19(18-8-4-3-5-9-18)14-20(16-27)25(22)29-26(21)24(17)23-10-6-7-13-28(23)2/h6-7,10-15,18H,3-5,8-9H2,1-2H3/q+1. The van der Waals surface area contributed by atoms with Gasteiger partial charge in [0, 0.05) is 22.9 Å². The molecule has 0 bridgehead atoms. The number of pyridine rings is 1. The summed E-state index contributed by atoms with van der Waals surface area (Å²) < 4.78 is 8.52. The number of aromatic nitrogens is 1. The summed E-state index contributed by atoms with van der Waals surface area (Å²) >= 11 is 0. The molecular formula is C26H25N2O+. The highest BCUT2D eigenvalue weighted by molar-refractivity contribution is 6.11. The number of benzene rings is 2. The molecule has 0 N–H and O–H groups in total. The Morgan fingerprint density at radius 3 is 2.59 bits per heavy atom. The number of rotatable bonds is 2. The highest BCUT2D eigenvalue weighted by Crippen LogP contribution is 2.41. The number of hydrogen-bond donors (Lipinski definition) is 0. The molecular weight excluding hydrogens is 356 g/mol. The summed E-state index contributed by atoms with van der Waals surface area (Å²) in [6.07, 6.45) is 8.38. The Balaban J connectivity index is 1.81. The van der Waals surface area contributed by atoms with Crippen LogP contribution in [0.15, 0.2) is 53.1 Å². The molecule has 5 rings (SSSR count). The van der Waals surface area contributed by atoms with Crippen LogP contribution in [0.4, 0.5) is 0 Å². The Kier molecular flexibility index (Phi) is 4.36. The van der Waals surface area contributed by atoms with E-state index in [1.807, 2.05) is 6.07 Å². The number of aryl methyl sites for hydroxylation is 2. The van der Waals surface area contributed by atoms with Crippen LogP contribution in [0, 0.1) is 18.3 Å². The zero-order valence-corrected chi connectivity index (χ0v) is 17.0. The Morgan fingerprint density at radius 1 is 1.00 bits per heavy atom. The first-order valence-electron chi connectivity index (χ1n) is 10.5. The summed E-state index contributed by atoms with van der Waals surface area (Å²) in [6, 6.07) is 17.3. The van der Waals surface area contributed by atoms with Gasteiger partial charge < -0.3 is 4.42 Å². The third-order valence-electron chi connectivity index (χ3n) is 6.48. The monoisotopic (exact) mass is 381 g/mol. The van der Waals surface area contributed by atoms with Crippen LogP contribution < -0.4 is 4.57 Å². The lowest BCUT2D eigenvalue weighted by Crippen LogP contribution is -2.30. The van der Waals surface area contributed by atoms with Crippen molar-refractivity contribution in [3.8, 4) is 17.3 Å². The average Bonchev–Trinajstić information content (AvgIpc) is 3.13. The van der Waals surface area contributed by atoms with Gasteiger partial charge in [-0.05, 0) is 55.0 Å². The minimum atomic E-state index is 0.557. The van der Waals surface area contributed by atoms with Gasteiger partial charge in [-0.1, -0.05) is 31.4 Å². The van der Waals surface area contributed by atoms with Crippen LogP contribution in [0.25, 0.3) is 33.2 Å². The lowest BCUT2D eigenvalue weighted by Gasteiger charge is -2.22. The van der Waals surface area contributed by atoms with Gasteiger partial charge in [0.2, 0.25) is 5.69 Å². The van der Waals surface area contributed by atoms with Crippen molar-refractivity contribution >= 4 is 21.9 Å². The van der Waals surface area contributed by atoms with Crippen LogP contribution in [0.2, 0.25) is 0 Å². The molecule has 1 fully saturated rings. The number of fused-ring (bicyclic) bond motifs is 3. The fraction of sp³-hybridized carbons (Fsp3) is 0.308. The molecule has 0 spiro atoms. The van der Waals surface area contributed by atoms with Crippen molar-refractivity contribution in [2.45, 2.75) is 44.9 Å². The van der Waals surface area contributed by atoms with E-state index < -0.39 is 0 Å². The topological polar surface area (TPSA) is 40.8 Å². The fourth-order valence-electron chi connectivity index (χ4n) is 4.92. The quantitative estimate of drug-likeness (QED) is 0.382. The van der Waals surface area contributed by atoms with Crippen molar-refractivity contribution in [3.63, 3.8) is 0 Å². The summed E-state index contributed by atoms with van der Waals surface area (Å²) in [7, 11) is 2.05. The summed E-state index contributed by atoms with van der Waals surface area (Å²) in [5.41, 5.74) is 6.92. The van der Waals surface area contributed by atoms with E-state index in [1.54, 1.807) is 0 Å². The van der Waals surface area contributed by atoms with Gasteiger partial charge in [-0.25, -0.2) is 4.57 Å². The van der Waals surface area contributed by atoms with Gasteiger partial charge in [-0.3, -0.25) is 0 Å². The SMILES string of the molecule is Cc1ccc2c(oc3c(C#N)cc(C4CCCCC4)cc32)c1-c1cccc[n+]1C. The molecule has 29 heavy (non-hydrogen) atoms. The molecule has 2 aromatic carbocycles. The Morgan fingerprint density at radius 2 is 1.83 bits per heavy atom. The van der Waals surface area contributed by atoms with Crippen molar-refractivity contribution in [1.82, 2.24) is 0 Å². The van der Waals surface area contributed by atoms with Crippen LogP contribution in [-0.4, -0.2) is 0 Å². The summed E-state index contributed by atoms with van der Waals surface area (Å²) in [5.74, 6) is 0.557. The molecule has 0 amide bonds. The first kappa shape index (κ1) is 17.9. The van der Waals surface area contributed by atoms with Gasteiger partial charge in [0.25, 0.3) is 0 Å². The average molecular weight is 381 g/mol. The third kappa shape index (κ3) is 2.91. The summed E-state index contributed by atoms with van der Waals surface area (Å²) in [6.45, 7) is 2.12. The highest BCUT2D eigenvalue weighted by Gasteiger charge is 2.23. The molecule has 1 saturated carbocycles. The van der Waals surface area contributed by atoms with Gasteiger partial charge in [0.05, 0.1) is 11.1 Å². The van der Waals surface area contributed by atoms with Crippen molar-refractivity contribution in [2.75, 3.05) is 0 Å². The smallest absolute Gasteiger partial charge is 0.216 e. The molecule has 1 aliphatic rings. The largest absolute Gasteiger partial charge is 0.454 e. The van der Waals surface area contributed by atoms with Gasteiger partial charge >= 0.3 is 0 Å². The zero-order chi connectivity index (χ0) is 20.0. The number of furan rings is 1. The Hall–Kier alpha value is -3.12. The lowest BCUT2D eigenvalue weighted by atomic mass is 9.83. The molecule has 3 nitrogen and oxygen atoms in total. The van der Waals surface area contributed by atoms with E-state index in [1.165, 1.54) is 43.2 Å². The van der Waals surface area contributed by atoms with Crippen LogP contribution in [0.5, 0.6) is 0 Å². The molecule has 1 aliphatic carbocycles. The van der Waals surface area contributed by atoms with E-state index in [4.69, 9.17) is 4.42 Å². The molecule has 144 valence electrons. The van der Waals surface area contributed by atoms with Crippen molar-refractivity contribution in [2.24, 2.45) is 7.05 Å². The van der Waals surface area contributed by atoms with E-state index in [0.29, 0.717) is 17.1 Å². The Labute approximate surface area is 171 Å². The van der Waals surface area contributed by atoms with E-state index in [0.717, 1.165) is 27.6 Å².